The van der Waals surface area contributed by atoms with Gasteiger partial charge >= 0.3 is 5.97 Å². The van der Waals surface area contributed by atoms with Crippen LogP contribution < -0.4 is 0 Å². The third kappa shape index (κ3) is 2.57. The average molecular weight is 169 g/mol. The lowest BCUT2D eigenvalue weighted by Crippen LogP contribution is -2.30. The Kier molecular flexibility index (Phi) is 3.14. The average Bonchev–Trinajstić information content (AvgIpc) is 2.05. The molecule has 68 valence electrons. The zero-order valence-electron chi connectivity index (χ0n) is 7.20. The van der Waals surface area contributed by atoms with Gasteiger partial charge in [-0.15, -0.1) is 0 Å². The molecule has 3 nitrogen and oxygen atoms in total. The lowest BCUT2D eigenvalue weighted by Gasteiger charge is -2.29. The Labute approximate surface area is 72.7 Å². The van der Waals surface area contributed by atoms with Crippen LogP contribution in [0.4, 0.5) is 0 Å². The van der Waals surface area contributed by atoms with Gasteiger partial charge in [-0.05, 0) is 25.0 Å². The van der Waals surface area contributed by atoms with E-state index in [-0.39, 0.29) is 0 Å². The number of carboxylic acids is 1. The maximum Gasteiger partial charge on any atom is 0.303 e. The minimum atomic E-state index is -0.674. The van der Waals surface area contributed by atoms with Crippen molar-refractivity contribution in [1.82, 2.24) is 4.90 Å². The number of carboxylic acid groups (broad SMARTS) is 1. The van der Waals surface area contributed by atoms with Crippen LogP contribution in [-0.2, 0) is 4.79 Å². The van der Waals surface area contributed by atoms with Crippen molar-refractivity contribution < 1.29 is 9.90 Å². The SMILES string of the molecule is C=CN1CCC(CC(=O)O)CC1. The predicted molar refractivity (Wildman–Crippen MR) is 46.7 cm³/mol. The second kappa shape index (κ2) is 4.14. The Morgan fingerprint density at radius 1 is 1.58 bits per heavy atom. The highest BCUT2D eigenvalue weighted by Gasteiger charge is 2.18. The normalized spacial score (nSPS) is 19.2. The lowest BCUT2D eigenvalue weighted by atomic mass is 9.94. The van der Waals surface area contributed by atoms with Crippen molar-refractivity contribution in [3.63, 3.8) is 0 Å². The first kappa shape index (κ1) is 9.10. The number of rotatable bonds is 3. The summed E-state index contributed by atoms with van der Waals surface area (Å²) in [5.41, 5.74) is 0. The van der Waals surface area contributed by atoms with Gasteiger partial charge in [0, 0.05) is 19.5 Å². The molecule has 0 amide bonds. The molecule has 0 aromatic heterocycles. The number of carbonyl (C=O) groups is 1. The lowest BCUT2D eigenvalue weighted by molar-refractivity contribution is -0.138. The van der Waals surface area contributed by atoms with Crippen LogP contribution in [0.3, 0.4) is 0 Å². The van der Waals surface area contributed by atoms with Crippen molar-refractivity contribution >= 4 is 5.97 Å². The van der Waals surface area contributed by atoms with Gasteiger partial charge in [0.05, 0.1) is 0 Å². The molecule has 1 fully saturated rings. The molecule has 0 saturated carbocycles. The van der Waals surface area contributed by atoms with E-state index in [1.54, 1.807) is 0 Å². The smallest absolute Gasteiger partial charge is 0.303 e. The largest absolute Gasteiger partial charge is 0.481 e. The monoisotopic (exact) mass is 169 g/mol. The molecular weight excluding hydrogens is 154 g/mol. The zero-order chi connectivity index (χ0) is 8.97. The standard InChI is InChI=1S/C9H15NO2/c1-2-10-5-3-8(4-6-10)7-9(11)12/h2,8H,1,3-7H2,(H,11,12). The van der Waals surface area contributed by atoms with E-state index >= 15 is 0 Å². The van der Waals surface area contributed by atoms with Crippen LogP contribution in [0, 0.1) is 5.92 Å². The summed E-state index contributed by atoms with van der Waals surface area (Å²) in [4.78, 5) is 12.5. The fourth-order valence-electron chi connectivity index (χ4n) is 1.59. The first-order valence-corrected chi connectivity index (χ1v) is 4.30. The molecule has 1 aliphatic rings. The molecule has 0 atom stereocenters. The Balaban J connectivity index is 2.26. The van der Waals surface area contributed by atoms with E-state index in [1.807, 2.05) is 6.20 Å². The summed E-state index contributed by atoms with van der Waals surface area (Å²) in [6.07, 6.45) is 4.12. The van der Waals surface area contributed by atoms with Crippen LogP contribution in [0.5, 0.6) is 0 Å². The Bertz CT molecular complexity index is 171. The van der Waals surface area contributed by atoms with E-state index in [0.29, 0.717) is 12.3 Å². The summed E-state index contributed by atoms with van der Waals surface area (Å²) in [6, 6.07) is 0. The summed E-state index contributed by atoms with van der Waals surface area (Å²) in [6.45, 7) is 5.60. The van der Waals surface area contributed by atoms with Crippen LogP contribution in [0.1, 0.15) is 19.3 Å². The van der Waals surface area contributed by atoms with Crippen molar-refractivity contribution in [3.8, 4) is 0 Å². The van der Waals surface area contributed by atoms with Crippen LogP contribution in [0.2, 0.25) is 0 Å². The van der Waals surface area contributed by atoms with Crippen molar-refractivity contribution in [2.45, 2.75) is 19.3 Å². The molecule has 0 aromatic rings. The predicted octanol–water partition coefficient (Wildman–Crippen LogP) is 1.32. The van der Waals surface area contributed by atoms with Crippen LogP contribution in [-0.4, -0.2) is 29.1 Å². The quantitative estimate of drug-likeness (QED) is 0.692. The molecule has 0 aromatic carbocycles. The fourth-order valence-corrected chi connectivity index (χ4v) is 1.59. The molecule has 0 unspecified atom stereocenters. The first-order valence-electron chi connectivity index (χ1n) is 4.30. The first-order chi connectivity index (χ1) is 5.72. The number of nitrogens with zero attached hydrogens (tertiary/aromatic N) is 1. The number of likely N-dealkylation sites (tertiary alicyclic amines) is 1. The van der Waals surface area contributed by atoms with Gasteiger partial charge in [0.15, 0.2) is 0 Å². The van der Waals surface area contributed by atoms with Crippen LogP contribution in [0.25, 0.3) is 0 Å². The van der Waals surface area contributed by atoms with Gasteiger partial charge in [0.2, 0.25) is 0 Å². The van der Waals surface area contributed by atoms with Crippen LogP contribution >= 0.6 is 0 Å². The maximum atomic E-state index is 10.4. The second-order valence-electron chi connectivity index (χ2n) is 3.26. The second-order valence-corrected chi connectivity index (χ2v) is 3.26. The molecule has 1 rings (SSSR count). The molecule has 1 heterocycles. The van der Waals surface area contributed by atoms with E-state index in [2.05, 4.69) is 11.5 Å². The van der Waals surface area contributed by atoms with Gasteiger partial charge in [-0.2, -0.15) is 0 Å². The van der Waals surface area contributed by atoms with Crippen molar-refractivity contribution in [3.05, 3.63) is 12.8 Å². The number of hydrogen-bond acceptors (Lipinski definition) is 2. The van der Waals surface area contributed by atoms with E-state index in [4.69, 9.17) is 5.11 Å². The van der Waals surface area contributed by atoms with Gasteiger partial charge in [-0.25, -0.2) is 0 Å². The van der Waals surface area contributed by atoms with Gasteiger partial charge in [-0.1, -0.05) is 6.58 Å². The molecule has 1 aliphatic heterocycles. The number of piperidine rings is 1. The van der Waals surface area contributed by atoms with Gasteiger partial charge < -0.3 is 10.0 Å². The van der Waals surface area contributed by atoms with E-state index in [9.17, 15) is 4.79 Å². The molecule has 1 saturated heterocycles. The zero-order valence-corrected chi connectivity index (χ0v) is 7.20. The molecule has 0 spiro atoms. The highest BCUT2D eigenvalue weighted by atomic mass is 16.4. The fraction of sp³-hybridized carbons (Fsp3) is 0.667. The van der Waals surface area contributed by atoms with Crippen molar-refractivity contribution in [2.24, 2.45) is 5.92 Å². The van der Waals surface area contributed by atoms with Crippen molar-refractivity contribution in [2.75, 3.05) is 13.1 Å². The van der Waals surface area contributed by atoms with Gasteiger partial charge in [0.1, 0.15) is 0 Å². The Hall–Kier alpha value is -0.990. The minimum absolute atomic E-state index is 0.324. The summed E-state index contributed by atoms with van der Waals surface area (Å²) in [7, 11) is 0. The minimum Gasteiger partial charge on any atom is -0.481 e. The van der Waals surface area contributed by atoms with E-state index < -0.39 is 5.97 Å². The highest BCUT2D eigenvalue weighted by molar-refractivity contribution is 5.67. The number of hydrogen-bond donors (Lipinski definition) is 1. The topological polar surface area (TPSA) is 40.5 Å². The van der Waals surface area contributed by atoms with E-state index in [0.717, 1.165) is 25.9 Å². The molecule has 3 heteroatoms. The molecule has 0 aliphatic carbocycles. The maximum absolute atomic E-state index is 10.4. The van der Waals surface area contributed by atoms with E-state index in [1.165, 1.54) is 0 Å². The molecule has 0 radical (unpaired) electrons. The number of aliphatic carboxylic acids is 1. The molecule has 12 heavy (non-hydrogen) atoms. The Morgan fingerprint density at radius 2 is 2.17 bits per heavy atom. The summed E-state index contributed by atoms with van der Waals surface area (Å²) in [5.74, 6) is -0.300. The summed E-state index contributed by atoms with van der Waals surface area (Å²) >= 11 is 0. The summed E-state index contributed by atoms with van der Waals surface area (Å²) in [5, 5.41) is 8.56. The van der Waals surface area contributed by atoms with Gasteiger partial charge in [0.25, 0.3) is 0 Å². The van der Waals surface area contributed by atoms with Crippen molar-refractivity contribution in [1.29, 1.82) is 0 Å². The third-order valence-corrected chi connectivity index (χ3v) is 2.37. The molecule has 0 bridgehead atoms. The molecule has 1 N–H and O–H groups in total. The third-order valence-electron chi connectivity index (χ3n) is 2.37. The molecular formula is C9H15NO2. The summed E-state index contributed by atoms with van der Waals surface area (Å²) < 4.78 is 0. The highest BCUT2D eigenvalue weighted by Crippen LogP contribution is 2.19. The Morgan fingerprint density at radius 3 is 2.58 bits per heavy atom. The van der Waals surface area contributed by atoms with Gasteiger partial charge in [-0.3, -0.25) is 4.79 Å². The van der Waals surface area contributed by atoms with Crippen LogP contribution in [0.15, 0.2) is 12.8 Å².